The minimum atomic E-state index is -0.594. The highest BCUT2D eigenvalue weighted by molar-refractivity contribution is 5.45. The van der Waals surface area contributed by atoms with E-state index in [9.17, 15) is 4.39 Å². The Morgan fingerprint density at radius 3 is 2.88 bits per heavy atom. The molecule has 16 heavy (non-hydrogen) atoms. The molecule has 1 aromatic carbocycles. The standard InChI is InChI=1S/C9H7FN6/c1-6-5-16(15-12-6)7-2-3-9(13-14-11)8(10)4-7/h2-5H,1H3. The zero-order valence-electron chi connectivity index (χ0n) is 8.37. The molecule has 0 saturated carbocycles. The number of nitrogens with zero attached hydrogens (tertiary/aromatic N) is 6. The number of halogens is 1. The summed E-state index contributed by atoms with van der Waals surface area (Å²) in [4.78, 5) is 2.52. The van der Waals surface area contributed by atoms with E-state index >= 15 is 0 Å². The number of aromatic nitrogens is 3. The van der Waals surface area contributed by atoms with Crippen molar-refractivity contribution in [3.63, 3.8) is 0 Å². The van der Waals surface area contributed by atoms with Crippen LogP contribution in [-0.2, 0) is 0 Å². The first kappa shape index (κ1) is 10.1. The van der Waals surface area contributed by atoms with Crippen molar-refractivity contribution >= 4 is 5.69 Å². The van der Waals surface area contributed by atoms with Crippen LogP contribution in [0.1, 0.15) is 5.69 Å². The third-order valence-corrected chi connectivity index (χ3v) is 1.96. The van der Waals surface area contributed by atoms with Crippen molar-refractivity contribution in [2.75, 3.05) is 0 Å². The molecule has 0 bridgehead atoms. The van der Waals surface area contributed by atoms with Crippen molar-refractivity contribution in [2.45, 2.75) is 6.92 Å². The van der Waals surface area contributed by atoms with Crippen LogP contribution in [0.15, 0.2) is 29.5 Å². The number of azide groups is 1. The fraction of sp³-hybridized carbons (Fsp3) is 0.111. The lowest BCUT2D eigenvalue weighted by molar-refractivity contribution is 0.626. The smallest absolute Gasteiger partial charge is 0.134 e. The lowest BCUT2D eigenvalue weighted by atomic mass is 10.3. The van der Waals surface area contributed by atoms with Gasteiger partial charge in [0.2, 0.25) is 0 Å². The molecule has 6 nitrogen and oxygen atoms in total. The van der Waals surface area contributed by atoms with Gasteiger partial charge < -0.3 is 0 Å². The van der Waals surface area contributed by atoms with Gasteiger partial charge in [0.05, 0.1) is 23.3 Å². The van der Waals surface area contributed by atoms with Gasteiger partial charge >= 0.3 is 0 Å². The van der Waals surface area contributed by atoms with E-state index in [1.807, 2.05) is 0 Å². The molecule has 1 aromatic heterocycles. The van der Waals surface area contributed by atoms with Crippen LogP contribution in [0.5, 0.6) is 0 Å². The summed E-state index contributed by atoms with van der Waals surface area (Å²) in [5, 5.41) is 10.8. The van der Waals surface area contributed by atoms with Gasteiger partial charge in [-0.05, 0) is 24.6 Å². The fourth-order valence-electron chi connectivity index (χ4n) is 1.24. The third kappa shape index (κ3) is 1.84. The highest BCUT2D eigenvalue weighted by Crippen LogP contribution is 2.20. The maximum Gasteiger partial charge on any atom is 0.134 e. The predicted molar refractivity (Wildman–Crippen MR) is 54.9 cm³/mol. The Kier molecular flexibility index (Phi) is 2.53. The summed E-state index contributed by atoms with van der Waals surface area (Å²) in [6, 6.07) is 4.22. The van der Waals surface area contributed by atoms with Gasteiger partial charge in [-0.2, -0.15) is 0 Å². The van der Waals surface area contributed by atoms with Gasteiger partial charge in [0.1, 0.15) is 5.82 Å². The molecular formula is C9H7FN6. The molecule has 7 heteroatoms. The van der Waals surface area contributed by atoms with Crippen LogP contribution in [0.4, 0.5) is 10.1 Å². The molecule has 1 heterocycles. The van der Waals surface area contributed by atoms with Crippen LogP contribution >= 0.6 is 0 Å². The van der Waals surface area contributed by atoms with Crippen molar-refractivity contribution in [3.05, 3.63) is 46.3 Å². The predicted octanol–water partition coefficient (Wildman–Crippen LogP) is 2.66. The molecule has 0 amide bonds. The fourth-order valence-corrected chi connectivity index (χ4v) is 1.24. The molecule has 0 fully saturated rings. The second-order valence-corrected chi connectivity index (χ2v) is 3.13. The van der Waals surface area contributed by atoms with Crippen LogP contribution in [0.25, 0.3) is 16.1 Å². The molecular weight excluding hydrogens is 211 g/mol. The lowest BCUT2D eigenvalue weighted by Crippen LogP contribution is -1.95. The second-order valence-electron chi connectivity index (χ2n) is 3.13. The molecule has 80 valence electrons. The normalized spacial score (nSPS) is 9.88. The van der Waals surface area contributed by atoms with Crippen molar-refractivity contribution in [1.82, 2.24) is 15.0 Å². The van der Waals surface area contributed by atoms with E-state index in [1.54, 1.807) is 19.2 Å². The summed E-state index contributed by atoms with van der Waals surface area (Å²) in [5.41, 5.74) is 9.42. The van der Waals surface area contributed by atoms with Crippen molar-refractivity contribution in [3.8, 4) is 5.69 Å². The van der Waals surface area contributed by atoms with Gasteiger partial charge in [0.15, 0.2) is 0 Å². The van der Waals surface area contributed by atoms with Gasteiger partial charge in [-0.1, -0.05) is 10.3 Å². The van der Waals surface area contributed by atoms with Crippen LogP contribution in [0, 0.1) is 12.7 Å². The average molecular weight is 218 g/mol. The zero-order chi connectivity index (χ0) is 11.5. The van der Waals surface area contributed by atoms with Gasteiger partial charge in [-0.25, -0.2) is 9.07 Å². The van der Waals surface area contributed by atoms with Crippen LogP contribution in [0.3, 0.4) is 0 Å². The Bertz CT molecular complexity index is 569. The summed E-state index contributed by atoms with van der Waals surface area (Å²) in [6.07, 6.45) is 1.67. The summed E-state index contributed by atoms with van der Waals surface area (Å²) >= 11 is 0. The number of hydrogen-bond donors (Lipinski definition) is 0. The molecule has 0 spiro atoms. The number of benzene rings is 1. The quantitative estimate of drug-likeness (QED) is 0.441. The molecule has 0 unspecified atom stereocenters. The maximum absolute atomic E-state index is 13.4. The second kappa shape index (κ2) is 4.00. The van der Waals surface area contributed by atoms with Gasteiger partial charge in [0, 0.05) is 11.0 Å². The monoisotopic (exact) mass is 218 g/mol. The number of aryl methyl sites for hydroxylation is 1. The van der Waals surface area contributed by atoms with Gasteiger partial charge in [-0.15, -0.1) is 5.10 Å². The Labute approximate surface area is 89.9 Å². The molecule has 0 aliphatic rings. The minimum absolute atomic E-state index is 0.0388. The van der Waals surface area contributed by atoms with E-state index in [0.717, 1.165) is 5.69 Å². The minimum Gasteiger partial charge on any atom is -0.220 e. The Balaban J connectivity index is 2.45. The topological polar surface area (TPSA) is 79.5 Å². The van der Waals surface area contributed by atoms with Crippen molar-refractivity contribution < 1.29 is 4.39 Å². The molecule has 0 N–H and O–H groups in total. The molecule has 0 radical (unpaired) electrons. The first-order valence-electron chi connectivity index (χ1n) is 4.44. The molecule has 2 aromatic rings. The van der Waals surface area contributed by atoms with Crippen LogP contribution in [0.2, 0.25) is 0 Å². The van der Waals surface area contributed by atoms with E-state index in [0.29, 0.717) is 5.69 Å². The Hall–Kier alpha value is -2.40. The first-order chi connectivity index (χ1) is 7.70. The number of rotatable bonds is 2. The highest BCUT2D eigenvalue weighted by atomic mass is 19.1. The average Bonchev–Trinajstić information content (AvgIpc) is 2.68. The first-order valence-corrected chi connectivity index (χ1v) is 4.44. The Morgan fingerprint density at radius 1 is 1.50 bits per heavy atom. The summed E-state index contributed by atoms with van der Waals surface area (Å²) in [6.45, 7) is 1.79. The highest BCUT2D eigenvalue weighted by Gasteiger charge is 2.04. The molecule has 0 atom stereocenters. The third-order valence-electron chi connectivity index (χ3n) is 1.96. The van der Waals surface area contributed by atoms with E-state index in [-0.39, 0.29) is 5.69 Å². The van der Waals surface area contributed by atoms with E-state index < -0.39 is 5.82 Å². The van der Waals surface area contributed by atoms with Gasteiger partial charge in [-0.3, -0.25) is 0 Å². The van der Waals surface area contributed by atoms with Gasteiger partial charge in [0.25, 0.3) is 0 Å². The largest absolute Gasteiger partial charge is 0.220 e. The Morgan fingerprint density at radius 2 is 2.31 bits per heavy atom. The summed E-state index contributed by atoms with van der Waals surface area (Å²) in [5.74, 6) is -0.594. The maximum atomic E-state index is 13.4. The number of hydrogen-bond acceptors (Lipinski definition) is 3. The van der Waals surface area contributed by atoms with Crippen molar-refractivity contribution in [2.24, 2.45) is 5.11 Å². The van der Waals surface area contributed by atoms with E-state index in [1.165, 1.54) is 16.8 Å². The van der Waals surface area contributed by atoms with E-state index in [4.69, 9.17) is 5.53 Å². The van der Waals surface area contributed by atoms with Crippen LogP contribution < -0.4 is 0 Å². The SMILES string of the molecule is Cc1cn(-c2ccc(N=[N+]=[N-])c(F)c2)nn1. The summed E-state index contributed by atoms with van der Waals surface area (Å²) in [7, 11) is 0. The molecule has 2 rings (SSSR count). The van der Waals surface area contributed by atoms with Crippen molar-refractivity contribution in [1.29, 1.82) is 0 Å². The van der Waals surface area contributed by atoms with Crippen LogP contribution in [-0.4, -0.2) is 15.0 Å². The molecule has 0 aliphatic carbocycles. The molecule has 0 aliphatic heterocycles. The van der Waals surface area contributed by atoms with E-state index in [2.05, 4.69) is 20.3 Å². The zero-order valence-corrected chi connectivity index (χ0v) is 8.37. The lowest BCUT2D eigenvalue weighted by Gasteiger charge is -2.01. The summed E-state index contributed by atoms with van der Waals surface area (Å²) < 4.78 is 14.8. The molecule has 0 saturated heterocycles.